The fourth-order valence-electron chi connectivity index (χ4n) is 3.14. The number of urea groups is 1. The van der Waals surface area contributed by atoms with E-state index in [0.717, 1.165) is 24.5 Å². The summed E-state index contributed by atoms with van der Waals surface area (Å²) in [7, 11) is 0. The molecule has 1 atom stereocenters. The minimum Gasteiger partial charge on any atom is -0.454 e. The molecule has 1 fully saturated rings. The van der Waals surface area contributed by atoms with Gasteiger partial charge >= 0.3 is 6.03 Å². The van der Waals surface area contributed by atoms with Crippen molar-refractivity contribution in [2.24, 2.45) is 0 Å². The molecule has 2 aliphatic rings. The second kappa shape index (κ2) is 6.24. The van der Waals surface area contributed by atoms with Gasteiger partial charge in [-0.25, -0.2) is 4.79 Å². The Morgan fingerprint density at radius 2 is 2.00 bits per heavy atom. The SMILES string of the molecule is O=C(Nc1ccccc1Cl)N1CC[C@@H](c2ccc3c(c2)OCO3)C1. The van der Waals surface area contributed by atoms with E-state index in [2.05, 4.69) is 5.32 Å². The van der Waals surface area contributed by atoms with Gasteiger partial charge in [0, 0.05) is 19.0 Å². The first-order valence-electron chi connectivity index (χ1n) is 7.91. The molecule has 2 heterocycles. The molecule has 0 bridgehead atoms. The zero-order valence-corrected chi connectivity index (χ0v) is 13.8. The van der Waals surface area contributed by atoms with Crippen LogP contribution in [-0.4, -0.2) is 30.8 Å². The van der Waals surface area contributed by atoms with Gasteiger partial charge in [-0.2, -0.15) is 0 Å². The summed E-state index contributed by atoms with van der Waals surface area (Å²) >= 11 is 6.09. The maximum absolute atomic E-state index is 12.4. The van der Waals surface area contributed by atoms with Gasteiger partial charge in [0.15, 0.2) is 11.5 Å². The van der Waals surface area contributed by atoms with E-state index in [9.17, 15) is 4.79 Å². The van der Waals surface area contributed by atoms with Crippen LogP contribution in [0.15, 0.2) is 42.5 Å². The molecule has 2 aromatic carbocycles. The van der Waals surface area contributed by atoms with Crippen molar-refractivity contribution < 1.29 is 14.3 Å². The van der Waals surface area contributed by atoms with Crippen molar-refractivity contribution in [1.29, 1.82) is 0 Å². The number of carbonyl (C=O) groups is 1. The molecule has 0 spiro atoms. The third kappa shape index (κ3) is 2.87. The predicted octanol–water partition coefficient (Wildman–Crippen LogP) is 4.09. The molecule has 2 aromatic rings. The summed E-state index contributed by atoms with van der Waals surface area (Å²) in [4.78, 5) is 14.3. The number of anilines is 1. The summed E-state index contributed by atoms with van der Waals surface area (Å²) in [6, 6.07) is 13.1. The minimum absolute atomic E-state index is 0.119. The van der Waals surface area contributed by atoms with Crippen LogP contribution in [0.25, 0.3) is 0 Å². The number of halogens is 1. The van der Waals surface area contributed by atoms with Crippen LogP contribution in [0.2, 0.25) is 5.02 Å². The number of likely N-dealkylation sites (tertiary alicyclic amines) is 1. The molecule has 0 aromatic heterocycles. The van der Waals surface area contributed by atoms with Gasteiger partial charge in [0.1, 0.15) is 0 Å². The second-order valence-corrected chi connectivity index (χ2v) is 6.36. The van der Waals surface area contributed by atoms with Crippen molar-refractivity contribution in [1.82, 2.24) is 4.90 Å². The van der Waals surface area contributed by atoms with Crippen LogP contribution in [-0.2, 0) is 0 Å². The third-order valence-electron chi connectivity index (χ3n) is 4.46. The molecule has 5 nitrogen and oxygen atoms in total. The van der Waals surface area contributed by atoms with Gasteiger partial charge in [-0.05, 0) is 36.2 Å². The summed E-state index contributed by atoms with van der Waals surface area (Å²) in [6.45, 7) is 1.67. The highest BCUT2D eigenvalue weighted by Gasteiger charge is 2.28. The summed E-state index contributed by atoms with van der Waals surface area (Å²) < 4.78 is 10.8. The number of hydrogen-bond acceptors (Lipinski definition) is 3. The number of para-hydroxylation sites is 1. The van der Waals surface area contributed by atoms with Crippen LogP contribution in [0, 0.1) is 0 Å². The first kappa shape index (κ1) is 15.1. The van der Waals surface area contributed by atoms with Crippen molar-refractivity contribution in [3.05, 3.63) is 53.1 Å². The van der Waals surface area contributed by atoms with Crippen LogP contribution >= 0.6 is 11.6 Å². The number of benzene rings is 2. The van der Waals surface area contributed by atoms with Crippen molar-refractivity contribution in [3.63, 3.8) is 0 Å². The van der Waals surface area contributed by atoms with E-state index in [1.807, 2.05) is 35.2 Å². The standard InChI is InChI=1S/C18H17ClN2O3/c19-14-3-1-2-4-15(14)20-18(22)21-8-7-13(10-21)12-5-6-16-17(9-12)24-11-23-16/h1-6,9,13H,7-8,10-11H2,(H,20,22)/t13-/m1/s1. The smallest absolute Gasteiger partial charge is 0.321 e. The van der Waals surface area contributed by atoms with Crippen LogP contribution in [0.5, 0.6) is 11.5 Å². The van der Waals surface area contributed by atoms with Crippen LogP contribution < -0.4 is 14.8 Å². The Morgan fingerprint density at radius 3 is 2.88 bits per heavy atom. The van der Waals surface area contributed by atoms with Gasteiger partial charge in [-0.1, -0.05) is 29.8 Å². The Labute approximate surface area is 145 Å². The number of fused-ring (bicyclic) bond motifs is 1. The molecule has 4 rings (SSSR count). The maximum Gasteiger partial charge on any atom is 0.321 e. The fourth-order valence-corrected chi connectivity index (χ4v) is 3.32. The van der Waals surface area contributed by atoms with E-state index in [1.54, 1.807) is 12.1 Å². The zero-order valence-electron chi connectivity index (χ0n) is 13.0. The van der Waals surface area contributed by atoms with E-state index in [1.165, 1.54) is 5.56 Å². The molecule has 24 heavy (non-hydrogen) atoms. The Morgan fingerprint density at radius 1 is 1.17 bits per heavy atom. The highest BCUT2D eigenvalue weighted by Crippen LogP contribution is 2.37. The fraction of sp³-hybridized carbons (Fsp3) is 0.278. The molecule has 0 aliphatic carbocycles. The Bertz CT molecular complexity index is 781. The first-order chi connectivity index (χ1) is 11.7. The Kier molecular flexibility index (Phi) is 3.94. The normalized spacial score (nSPS) is 18.7. The highest BCUT2D eigenvalue weighted by molar-refractivity contribution is 6.33. The molecule has 2 aliphatic heterocycles. The van der Waals surface area contributed by atoms with Gasteiger partial charge in [0.05, 0.1) is 10.7 Å². The van der Waals surface area contributed by atoms with Gasteiger partial charge in [0.25, 0.3) is 0 Å². The summed E-state index contributed by atoms with van der Waals surface area (Å²) in [5, 5.41) is 3.42. The van der Waals surface area contributed by atoms with E-state index in [4.69, 9.17) is 21.1 Å². The molecule has 0 unspecified atom stereocenters. The quantitative estimate of drug-likeness (QED) is 0.892. The third-order valence-corrected chi connectivity index (χ3v) is 4.79. The number of hydrogen-bond donors (Lipinski definition) is 1. The average molecular weight is 345 g/mol. The maximum atomic E-state index is 12.4. The summed E-state index contributed by atoms with van der Waals surface area (Å²) in [5.74, 6) is 1.87. The molecule has 2 amide bonds. The van der Waals surface area contributed by atoms with E-state index < -0.39 is 0 Å². The van der Waals surface area contributed by atoms with Crippen LogP contribution in [0.4, 0.5) is 10.5 Å². The van der Waals surface area contributed by atoms with E-state index >= 15 is 0 Å². The topological polar surface area (TPSA) is 50.8 Å². The van der Waals surface area contributed by atoms with Crippen LogP contribution in [0.1, 0.15) is 17.9 Å². The predicted molar refractivity (Wildman–Crippen MR) is 92.0 cm³/mol. The molecule has 1 saturated heterocycles. The first-order valence-corrected chi connectivity index (χ1v) is 8.28. The minimum atomic E-state index is -0.119. The van der Waals surface area contributed by atoms with E-state index in [-0.39, 0.29) is 12.8 Å². The van der Waals surface area contributed by atoms with Crippen LogP contribution in [0.3, 0.4) is 0 Å². The summed E-state index contributed by atoms with van der Waals surface area (Å²) in [6.07, 6.45) is 0.926. The lowest BCUT2D eigenvalue weighted by atomic mass is 9.98. The van der Waals surface area contributed by atoms with Crippen molar-refractivity contribution in [2.75, 3.05) is 25.2 Å². The average Bonchev–Trinajstić information content (AvgIpc) is 3.25. The number of nitrogens with one attached hydrogen (secondary N) is 1. The molecule has 0 radical (unpaired) electrons. The van der Waals surface area contributed by atoms with E-state index in [0.29, 0.717) is 23.2 Å². The van der Waals surface area contributed by atoms with Crippen molar-refractivity contribution >= 4 is 23.3 Å². The van der Waals surface area contributed by atoms with Gasteiger partial charge in [0.2, 0.25) is 6.79 Å². The van der Waals surface area contributed by atoms with Crippen molar-refractivity contribution in [2.45, 2.75) is 12.3 Å². The Balaban J connectivity index is 1.43. The molecular formula is C18H17ClN2O3. The largest absolute Gasteiger partial charge is 0.454 e. The lowest BCUT2D eigenvalue weighted by Gasteiger charge is -2.18. The molecule has 6 heteroatoms. The molecule has 1 N–H and O–H groups in total. The molecule has 124 valence electrons. The molecular weight excluding hydrogens is 328 g/mol. The Hall–Kier alpha value is -2.40. The van der Waals surface area contributed by atoms with Gasteiger partial charge in [-0.3, -0.25) is 0 Å². The monoisotopic (exact) mass is 344 g/mol. The number of ether oxygens (including phenoxy) is 2. The highest BCUT2D eigenvalue weighted by atomic mass is 35.5. The number of carbonyl (C=O) groups excluding carboxylic acids is 1. The van der Waals surface area contributed by atoms with Crippen molar-refractivity contribution in [3.8, 4) is 11.5 Å². The lowest BCUT2D eigenvalue weighted by molar-refractivity contribution is 0.174. The lowest BCUT2D eigenvalue weighted by Crippen LogP contribution is -2.32. The number of amides is 2. The second-order valence-electron chi connectivity index (χ2n) is 5.95. The molecule has 0 saturated carbocycles. The van der Waals surface area contributed by atoms with Gasteiger partial charge in [-0.15, -0.1) is 0 Å². The number of nitrogens with zero attached hydrogens (tertiary/aromatic N) is 1. The number of rotatable bonds is 2. The summed E-state index contributed by atoms with van der Waals surface area (Å²) in [5.41, 5.74) is 1.81. The van der Waals surface area contributed by atoms with Gasteiger partial charge < -0.3 is 19.7 Å². The zero-order chi connectivity index (χ0) is 16.5.